The van der Waals surface area contributed by atoms with Gasteiger partial charge in [0.25, 0.3) is 0 Å². The second-order valence-electron chi connectivity index (χ2n) is 8.71. The van der Waals surface area contributed by atoms with E-state index in [2.05, 4.69) is 16.8 Å². The zero-order valence-electron chi connectivity index (χ0n) is 17.8. The Hall–Kier alpha value is -2.27. The first kappa shape index (κ1) is 21.0. The van der Waals surface area contributed by atoms with Crippen molar-refractivity contribution in [2.45, 2.75) is 58.2 Å². The van der Waals surface area contributed by atoms with Crippen LogP contribution in [0.4, 0.5) is 0 Å². The lowest BCUT2D eigenvalue weighted by atomic mass is 9.99. The van der Waals surface area contributed by atoms with Gasteiger partial charge in [-0.05, 0) is 56.5 Å². The number of fused-ring (bicyclic) bond motifs is 1. The summed E-state index contributed by atoms with van der Waals surface area (Å²) in [5, 5.41) is 0.677. The highest BCUT2D eigenvalue weighted by atomic mass is 35.5. The lowest BCUT2D eigenvalue weighted by Crippen LogP contribution is -2.50. The molecule has 4 rings (SSSR count). The molecule has 0 radical (unpaired) electrons. The number of hydrogen-bond acceptors (Lipinski definition) is 2. The molecule has 30 heavy (non-hydrogen) atoms. The van der Waals surface area contributed by atoms with E-state index in [1.165, 1.54) is 0 Å². The van der Waals surface area contributed by atoms with E-state index in [0.29, 0.717) is 11.6 Å². The fraction of sp³-hybridized carbons (Fsp3) is 0.500. The van der Waals surface area contributed by atoms with Crippen molar-refractivity contribution >= 4 is 23.4 Å². The number of halogens is 1. The van der Waals surface area contributed by atoms with Crippen LogP contribution < -0.4 is 0 Å². The van der Waals surface area contributed by atoms with Crippen LogP contribution in [0.2, 0.25) is 5.02 Å². The van der Waals surface area contributed by atoms with Gasteiger partial charge in [-0.2, -0.15) is 0 Å². The lowest BCUT2D eigenvalue weighted by molar-refractivity contribution is -0.145. The number of aromatic nitrogens is 1. The molecule has 160 valence electrons. The summed E-state index contributed by atoms with van der Waals surface area (Å²) in [7, 11) is 0. The molecule has 6 heteroatoms. The molecule has 1 unspecified atom stereocenters. The first-order valence-corrected chi connectivity index (χ1v) is 11.3. The van der Waals surface area contributed by atoms with Crippen molar-refractivity contribution < 1.29 is 9.59 Å². The zero-order chi connectivity index (χ0) is 21.3. The minimum absolute atomic E-state index is 0.00227. The van der Waals surface area contributed by atoms with Gasteiger partial charge >= 0.3 is 0 Å². The summed E-state index contributed by atoms with van der Waals surface area (Å²) in [6.07, 6.45) is 6.17. The molecule has 1 aliphatic heterocycles. The maximum Gasteiger partial charge on any atom is 0.243 e. The van der Waals surface area contributed by atoms with Crippen LogP contribution in [0.25, 0.3) is 0 Å². The number of rotatable bonds is 5. The molecule has 1 aliphatic carbocycles. The monoisotopic (exact) mass is 427 g/mol. The molecular weight excluding hydrogens is 398 g/mol. The smallest absolute Gasteiger partial charge is 0.243 e. The lowest BCUT2D eigenvalue weighted by Gasteiger charge is -2.39. The molecule has 0 N–H and O–H groups in total. The number of carbonyl (C=O) groups is 2. The van der Waals surface area contributed by atoms with Crippen molar-refractivity contribution in [1.29, 1.82) is 0 Å². The number of carbonyl (C=O) groups excluding carboxylic acids is 2. The first-order chi connectivity index (χ1) is 14.5. The number of benzene rings is 1. The summed E-state index contributed by atoms with van der Waals surface area (Å²) in [6.45, 7) is 5.52. The predicted octanol–water partition coefficient (Wildman–Crippen LogP) is 4.50. The molecule has 2 amide bonds. The van der Waals surface area contributed by atoms with E-state index in [1.54, 1.807) is 4.90 Å². The quantitative estimate of drug-likeness (QED) is 0.705. The van der Waals surface area contributed by atoms with Crippen LogP contribution in [0.3, 0.4) is 0 Å². The average Bonchev–Trinajstić information content (AvgIpc) is 3.43. The Bertz CT molecular complexity index is 899. The van der Waals surface area contributed by atoms with Crippen molar-refractivity contribution in [3.63, 3.8) is 0 Å². The average molecular weight is 428 g/mol. The highest BCUT2D eigenvalue weighted by molar-refractivity contribution is 6.30. The SMILES string of the molecule is CC(C)N(CC(=O)N1CCn2cccc2C1c1ccc(Cl)cc1)C(=O)C1CCCC1. The summed E-state index contributed by atoms with van der Waals surface area (Å²) in [6, 6.07) is 11.6. The van der Waals surface area contributed by atoms with Crippen molar-refractivity contribution in [1.82, 2.24) is 14.4 Å². The van der Waals surface area contributed by atoms with Gasteiger partial charge in [0.1, 0.15) is 6.54 Å². The number of hydrogen-bond donors (Lipinski definition) is 0. The fourth-order valence-corrected chi connectivity index (χ4v) is 4.93. The molecule has 1 atom stereocenters. The molecule has 0 spiro atoms. The molecule has 0 bridgehead atoms. The van der Waals surface area contributed by atoms with Gasteiger partial charge in [-0.25, -0.2) is 0 Å². The molecule has 1 saturated carbocycles. The third-order valence-corrected chi connectivity index (χ3v) is 6.71. The summed E-state index contributed by atoms with van der Waals surface area (Å²) >= 11 is 6.10. The van der Waals surface area contributed by atoms with Crippen LogP contribution in [0, 0.1) is 5.92 Å². The minimum Gasteiger partial charge on any atom is -0.348 e. The Morgan fingerprint density at radius 3 is 2.47 bits per heavy atom. The van der Waals surface area contributed by atoms with Crippen LogP contribution in [0.1, 0.15) is 56.8 Å². The van der Waals surface area contributed by atoms with Gasteiger partial charge in [0.05, 0.1) is 6.04 Å². The normalized spacial score (nSPS) is 19.2. The van der Waals surface area contributed by atoms with E-state index < -0.39 is 0 Å². The standard InChI is InChI=1S/C24H30ClN3O2/c1-17(2)28(24(30)19-6-3-4-7-19)16-22(29)27-15-14-26-13-5-8-21(26)23(27)18-9-11-20(25)12-10-18/h5,8-13,17,19,23H,3-4,6-7,14-16H2,1-2H3. The molecule has 1 fully saturated rings. The van der Waals surface area contributed by atoms with E-state index in [9.17, 15) is 9.59 Å². The Morgan fingerprint density at radius 1 is 1.10 bits per heavy atom. The summed E-state index contributed by atoms with van der Waals surface area (Å²) < 4.78 is 2.20. The van der Waals surface area contributed by atoms with Crippen molar-refractivity contribution in [2.24, 2.45) is 5.92 Å². The maximum absolute atomic E-state index is 13.5. The third kappa shape index (κ3) is 4.13. The molecule has 2 aliphatic rings. The van der Waals surface area contributed by atoms with Crippen LogP contribution in [0.15, 0.2) is 42.6 Å². The van der Waals surface area contributed by atoms with E-state index >= 15 is 0 Å². The van der Waals surface area contributed by atoms with Crippen molar-refractivity contribution in [3.8, 4) is 0 Å². The topological polar surface area (TPSA) is 45.6 Å². The molecule has 2 aromatic rings. The second-order valence-corrected chi connectivity index (χ2v) is 9.15. The number of amides is 2. The van der Waals surface area contributed by atoms with Gasteiger partial charge in [0, 0.05) is 42.0 Å². The molecule has 1 aromatic heterocycles. The molecule has 2 heterocycles. The fourth-order valence-electron chi connectivity index (χ4n) is 4.81. The predicted molar refractivity (Wildman–Crippen MR) is 118 cm³/mol. The largest absolute Gasteiger partial charge is 0.348 e. The highest BCUT2D eigenvalue weighted by Gasteiger charge is 2.35. The van der Waals surface area contributed by atoms with Crippen LogP contribution >= 0.6 is 11.6 Å². The van der Waals surface area contributed by atoms with Gasteiger partial charge in [0.15, 0.2) is 0 Å². The van der Waals surface area contributed by atoms with E-state index in [0.717, 1.165) is 43.5 Å². The maximum atomic E-state index is 13.5. The molecule has 0 saturated heterocycles. The number of nitrogens with zero attached hydrogens (tertiary/aromatic N) is 3. The minimum atomic E-state index is -0.172. The summed E-state index contributed by atoms with van der Waals surface area (Å²) in [5.41, 5.74) is 2.13. The second kappa shape index (κ2) is 8.84. The third-order valence-electron chi connectivity index (χ3n) is 6.46. The molecular formula is C24H30ClN3O2. The van der Waals surface area contributed by atoms with Crippen molar-refractivity contribution in [3.05, 3.63) is 58.9 Å². The van der Waals surface area contributed by atoms with E-state index in [-0.39, 0.29) is 36.4 Å². The van der Waals surface area contributed by atoms with Gasteiger partial charge in [-0.15, -0.1) is 0 Å². The Labute approximate surface area is 183 Å². The Kier molecular flexibility index (Phi) is 6.19. The highest BCUT2D eigenvalue weighted by Crippen LogP contribution is 2.33. The Balaban J connectivity index is 1.59. The van der Waals surface area contributed by atoms with Gasteiger partial charge in [-0.1, -0.05) is 36.6 Å². The van der Waals surface area contributed by atoms with Crippen LogP contribution in [-0.2, 0) is 16.1 Å². The Morgan fingerprint density at radius 2 is 1.80 bits per heavy atom. The summed E-state index contributed by atoms with van der Waals surface area (Å²) in [5.74, 6) is 0.215. The molecule has 5 nitrogen and oxygen atoms in total. The molecule has 1 aromatic carbocycles. The zero-order valence-corrected chi connectivity index (χ0v) is 18.5. The van der Waals surface area contributed by atoms with E-state index in [1.807, 2.05) is 49.1 Å². The van der Waals surface area contributed by atoms with E-state index in [4.69, 9.17) is 11.6 Å². The van der Waals surface area contributed by atoms with Crippen LogP contribution in [0.5, 0.6) is 0 Å². The van der Waals surface area contributed by atoms with Gasteiger partial charge in [-0.3, -0.25) is 9.59 Å². The van der Waals surface area contributed by atoms with Gasteiger partial charge in [0.2, 0.25) is 11.8 Å². The van der Waals surface area contributed by atoms with Crippen LogP contribution in [-0.4, -0.2) is 45.3 Å². The summed E-state index contributed by atoms with van der Waals surface area (Å²) in [4.78, 5) is 30.3. The first-order valence-electron chi connectivity index (χ1n) is 11.0. The van der Waals surface area contributed by atoms with Crippen molar-refractivity contribution in [2.75, 3.05) is 13.1 Å². The van der Waals surface area contributed by atoms with Gasteiger partial charge < -0.3 is 14.4 Å².